The number of hydrogen-bond acceptors (Lipinski definition) is 4. The first-order valence-electron chi connectivity index (χ1n) is 9.65. The topological polar surface area (TPSA) is 75.7 Å². The molecule has 1 saturated heterocycles. The van der Waals surface area contributed by atoms with Crippen LogP contribution in [0.4, 0.5) is 5.69 Å². The molecule has 6 nitrogen and oxygen atoms in total. The molecule has 0 spiro atoms. The van der Waals surface area contributed by atoms with Crippen molar-refractivity contribution in [2.45, 2.75) is 31.6 Å². The molecule has 29 heavy (non-hydrogen) atoms. The van der Waals surface area contributed by atoms with Crippen LogP contribution in [0.3, 0.4) is 0 Å². The molecule has 0 unspecified atom stereocenters. The number of rotatable bonds is 6. The Bertz CT molecular complexity index is 969. The molecule has 1 heterocycles. The lowest BCUT2D eigenvalue weighted by Crippen LogP contribution is -2.37. The Morgan fingerprint density at radius 1 is 1.17 bits per heavy atom. The third-order valence-electron chi connectivity index (χ3n) is 4.99. The van der Waals surface area contributed by atoms with Crippen LogP contribution in [0.2, 0.25) is 0 Å². The highest BCUT2D eigenvalue weighted by molar-refractivity contribution is 9.10. The second kappa shape index (κ2) is 9.28. The standard InChI is InChI=1S/C21H25BrN2O4S/c1-3-28-20-9-4-16(14-19(20)22)21(25)23-17-5-7-18(8-6-17)29(26,27)24-12-10-15(2)11-13-24/h4-9,14-15H,3,10-13H2,1-2H3,(H,23,25). The van der Waals surface area contributed by atoms with Crippen molar-refractivity contribution in [3.63, 3.8) is 0 Å². The average molecular weight is 481 g/mol. The van der Waals surface area contributed by atoms with Crippen LogP contribution in [0.5, 0.6) is 5.75 Å². The van der Waals surface area contributed by atoms with Crippen molar-refractivity contribution in [1.29, 1.82) is 0 Å². The third kappa shape index (κ3) is 5.18. The predicted octanol–water partition coefficient (Wildman–Crippen LogP) is 4.52. The summed E-state index contributed by atoms with van der Waals surface area (Å²) in [5, 5.41) is 2.79. The quantitative estimate of drug-likeness (QED) is 0.659. The number of carbonyl (C=O) groups excluding carboxylic acids is 1. The normalized spacial score (nSPS) is 15.8. The van der Waals surface area contributed by atoms with Gasteiger partial charge in [-0.2, -0.15) is 4.31 Å². The smallest absolute Gasteiger partial charge is 0.255 e. The van der Waals surface area contributed by atoms with E-state index >= 15 is 0 Å². The number of hydrogen-bond donors (Lipinski definition) is 1. The maximum Gasteiger partial charge on any atom is 0.255 e. The van der Waals surface area contributed by atoms with Gasteiger partial charge in [0.25, 0.3) is 5.91 Å². The maximum absolute atomic E-state index is 12.8. The van der Waals surface area contributed by atoms with Crippen molar-refractivity contribution in [2.75, 3.05) is 25.0 Å². The summed E-state index contributed by atoms with van der Waals surface area (Å²) < 4.78 is 33.3. The van der Waals surface area contributed by atoms with Crippen LogP contribution in [0.1, 0.15) is 37.0 Å². The number of sulfonamides is 1. The van der Waals surface area contributed by atoms with E-state index in [4.69, 9.17) is 4.74 Å². The molecule has 1 aliphatic rings. The monoisotopic (exact) mass is 480 g/mol. The Kier molecular flexibility index (Phi) is 6.97. The molecule has 1 fully saturated rings. The summed E-state index contributed by atoms with van der Waals surface area (Å²) in [7, 11) is -3.50. The fourth-order valence-electron chi connectivity index (χ4n) is 3.20. The van der Waals surface area contributed by atoms with E-state index < -0.39 is 10.0 Å². The van der Waals surface area contributed by atoms with Crippen molar-refractivity contribution in [2.24, 2.45) is 5.92 Å². The van der Waals surface area contributed by atoms with Crippen molar-refractivity contribution in [3.05, 3.63) is 52.5 Å². The highest BCUT2D eigenvalue weighted by atomic mass is 79.9. The Morgan fingerprint density at radius 2 is 1.83 bits per heavy atom. The van der Waals surface area contributed by atoms with Gasteiger partial charge in [0, 0.05) is 24.3 Å². The van der Waals surface area contributed by atoms with Gasteiger partial charge in [0.2, 0.25) is 10.0 Å². The van der Waals surface area contributed by atoms with Gasteiger partial charge in [-0.1, -0.05) is 6.92 Å². The first kappa shape index (κ1) is 21.8. The van der Waals surface area contributed by atoms with Crippen LogP contribution in [0, 0.1) is 5.92 Å². The molecule has 0 bridgehead atoms. The van der Waals surface area contributed by atoms with Gasteiger partial charge in [0.15, 0.2) is 0 Å². The van der Waals surface area contributed by atoms with E-state index in [1.807, 2.05) is 6.92 Å². The Morgan fingerprint density at radius 3 is 2.41 bits per heavy atom. The second-order valence-corrected chi connectivity index (χ2v) is 9.94. The number of nitrogens with zero attached hydrogens (tertiary/aromatic N) is 1. The van der Waals surface area contributed by atoms with Gasteiger partial charge in [-0.15, -0.1) is 0 Å². The summed E-state index contributed by atoms with van der Waals surface area (Å²) in [6.07, 6.45) is 1.76. The molecule has 0 atom stereocenters. The summed E-state index contributed by atoms with van der Waals surface area (Å²) >= 11 is 3.40. The molecule has 2 aromatic rings. The van der Waals surface area contributed by atoms with E-state index in [1.54, 1.807) is 30.3 Å². The predicted molar refractivity (Wildman–Crippen MR) is 117 cm³/mol. The first-order chi connectivity index (χ1) is 13.8. The molecule has 1 aliphatic heterocycles. The molecule has 2 aromatic carbocycles. The van der Waals surface area contributed by atoms with Gasteiger partial charge < -0.3 is 10.1 Å². The van der Waals surface area contributed by atoms with Crippen molar-refractivity contribution < 1.29 is 17.9 Å². The number of halogens is 1. The number of benzene rings is 2. The molecule has 3 rings (SSSR count). The largest absolute Gasteiger partial charge is 0.493 e. The van der Waals surface area contributed by atoms with Gasteiger partial charge >= 0.3 is 0 Å². The second-order valence-electron chi connectivity index (χ2n) is 7.14. The van der Waals surface area contributed by atoms with Crippen molar-refractivity contribution >= 4 is 37.5 Å². The molecule has 0 radical (unpaired) electrons. The number of anilines is 1. The van der Waals surface area contributed by atoms with E-state index in [2.05, 4.69) is 28.2 Å². The van der Waals surface area contributed by atoms with Gasteiger partial charge in [-0.3, -0.25) is 4.79 Å². The van der Waals surface area contributed by atoms with Gasteiger partial charge in [0.1, 0.15) is 5.75 Å². The zero-order valence-electron chi connectivity index (χ0n) is 16.5. The van der Waals surface area contributed by atoms with Crippen molar-refractivity contribution in [1.82, 2.24) is 4.31 Å². The third-order valence-corrected chi connectivity index (χ3v) is 7.52. The zero-order valence-corrected chi connectivity index (χ0v) is 18.9. The molecular weight excluding hydrogens is 456 g/mol. The number of carbonyl (C=O) groups is 1. The molecular formula is C21H25BrN2O4S. The van der Waals surface area contributed by atoms with Crippen LogP contribution in [-0.2, 0) is 10.0 Å². The lowest BCUT2D eigenvalue weighted by Gasteiger charge is -2.29. The summed E-state index contributed by atoms with van der Waals surface area (Å²) in [5.74, 6) is 0.946. The Hall–Kier alpha value is -1.90. The highest BCUT2D eigenvalue weighted by Crippen LogP contribution is 2.27. The minimum atomic E-state index is -3.50. The highest BCUT2D eigenvalue weighted by Gasteiger charge is 2.27. The number of nitrogens with one attached hydrogen (secondary N) is 1. The van der Waals surface area contributed by atoms with E-state index in [0.29, 0.717) is 47.1 Å². The minimum absolute atomic E-state index is 0.244. The Balaban J connectivity index is 1.69. The fourth-order valence-corrected chi connectivity index (χ4v) is 5.17. The molecule has 0 saturated carbocycles. The van der Waals surface area contributed by atoms with Crippen LogP contribution >= 0.6 is 15.9 Å². The van der Waals surface area contributed by atoms with Crippen LogP contribution in [-0.4, -0.2) is 38.3 Å². The van der Waals surface area contributed by atoms with Crippen LogP contribution in [0.25, 0.3) is 0 Å². The zero-order chi connectivity index (χ0) is 21.0. The molecule has 8 heteroatoms. The van der Waals surface area contributed by atoms with E-state index in [9.17, 15) is 13.2 Å². The average Bonchev–Trinajstić information content (AvgIpc) is 2.70. The van der Waals surface area contributed by atoms with Gasteiger partial charge in [-0.05, 0) is 84.1 Å². The summed E-state index contributed by atoms with van der Waals surface area (Å²) in [5.41, 5.74) is 1.01. The summed E-state index contributed by atoms with van der Waals surface area (Å²) in [6, 6.07) is 11.4. The summed E-state index contributed by atoms with van der Waals surface area (Å²) in [4.78, 5) is 12.7. The lowest BCUT2D eigenvalue weighted by molar-refractivity contribution is 0.102. The van der Waals surface area contributed by atoms with Crippen LogP contribution in [0.15, 0.2) is 51.8 Å². The van der Waals surface area contributed by atoms with Crippen molar-refractivity contribution in [3.8, 4) is 5.75 Å². The molecule has 1 N–H and O–H groups in total. The lowest BCUT2D eigenvalue weighted by atomic mass is 10.0. The number of ether oxygens (including phenoxy) is 1. The maximum atomic E-state index is 12.8. The minimum Gasteiger partial charge on any atom is -0.493 e. The number of amides is 1. The summed E-state index contributed by atoms with van der Waals surface area (Å²) in [6.45, 7) is 5.67. The fraction of sp³-hybridized carbons (Fsp3) is 0.381. The molecule has 1 amide bonds. The van der Waals surface area contributed by atoms with Gasteiger partial charge in [-0.25, -0.2) is 8.42 Å². The van der Waals surface area contributed by atoms with E-state index in [0.717, 1.165) is 12.8 Å². The molecule has 0 aromatic heterocycles. The molecule has 0 aliphatic carbocycles. The van der Waals surface area contributed by atoms with E-state index in [-0.39, 0.29) is 10.8 Å². The van der Waals surface area contributed by atoms with E-state index in [1.165, 1.54) is 16.4 Å². The molecule has 156 valence electrons. The number of piperidine rings is 1. The van der Waals surface area contributed by atoms with Crippen LogP contribution < -0.4 is 10.1 Å². The first-order valence-corrected chi connectivity index (χ1v) is 11.9. The van der Waals surface area contributed by atoms with Gasteiger partial charge in [0.05, 0.1) is 16.0 Å². The SMILES string of the molecule is CCOc1ccc(C(=O)Nc2ccc(S(=O)(=O)N3CCC(C)CC3)cc2)cc1Br. The Labute approximate surface area is 180 Å².